The third-order valence-corrected chi connectivity index (χ3v) is 10.7. The SMILES string of the molecule is c1cc(-c2ccc3ccccc3c2)cc(-c2nc(-c3ccc(-c4ccc5ccccc5c4)c4ccccc34)nc(-c3cccc4c3oc3ccccc34)n2)c1. The summed E-state index contributed by atoms with van der Waals surface area (Å²) in [5.74, 6) is 1.76. The summed E-state index contributed by atoms with van der Waals surface area (Å²) in [5, 5.41) is 9.15. The van der Waals surface area contributed by atoms with Gasteiger partial charge in [0.2, 0.25) is 0 Å². The highest BCUT2D eigenvalue weighted by atomic mass is 16.3. The number of hydrogen-bond donors (Lipinski definition) is 0. The lowest BCUT2D eigenvalue weighted by Gasteiger charge is -2.14. The number of furan rings is 1. The second-order valence-electron chi connectivity index (χ2n) is 14.0. The van der Waals surface area contributed by atoms with Gasteiger partial charge >= 0.3 is 0 Å². The maximum Gasteiger partial charge on any atom is 0.167 e. The molecule has 9 aromatic carbocycles. The summed E-state index contributed by atoms with van der Waals surface area (Å²) in [6.07, 6.45) is 0. The van der Waals surface area contributed by atoms with Gasteiger partial charge in [-0.3, -0.25) is 0 Å². The van der Waals surface area contributed by atoms with Crippen LogP contribution in [0.4, 0.5) is 0 Å². The van der Waals surface area contributed by atoms with E-state index in [9.17, 15) is 0 Å². The largest absolute Gasteiger partial charge is 0.455 e. The van der Waals surface area contributed by atoms with Gasteiger partial charge in [-0.2, -0.15) is 0 Å². The van der Waals surface area contributed by atoms with Crippen LogP contribution in [-0.4, -0.2) is 15.0 Å². The van der Waals surface area contributed by atoms with E-state index >= 15 is 0 Å². The Morgan fingerprint density at radius 3 is 1.60 bits per heavy atom. The molecule has 11 rings (SSSR count). The number of benzene rings is 9. The van der Waals surface area contributed by atoms with Crippen molar-refractivity contribution in [2.45, 2.75) is 0 Å². The Morgan fingerprint density at radius 1 is 0.291 bits per heavy atom. The van der Waals surface area contributed by atoms with E-state index < -0.39 is 0 Å². The van der Waals surface area contributed by atoms with E-state index in [1.165, 1.54) is 27.1 Å². The van der Waals surface area contributed by atoms with Crippen LogP contribution in [0, 0.1) is 0 Å². The Morgan fingerprint density at radius 2 is 0.818 bits per heavy atom. The van der Waals surface area contributed by atoms with Crippen molar-refractivity contribution in [1.29, 1.82) is 0 Å². The van der Waals surface area contributed by atoms with Crippen molar-refractivity contribution in [3.63, 3.8) is 0 Å². The molecule has 0 radical (unpaired) electrons. The number of fused-ring (bicyclic) bond motifs is 6. The smallest absolute Gasteiger partial charge is 0.167 e. The summed E-state index contributed by atoms with van der Waals surface area (Å²) in [7, 11) is 0. The molecule has 0 spiro atoms. The van der Waals surface area contributed by atoms with Crippen LogP contribution in [0.1, 0.15) is 0 Å². The first kappa shape index (κ1) is 31.1. The van der Waals surface area contributed by atoms with Crippen LogP contribution in [0.2, 0.25) is 0 Å². The topological polar surface area (TPSA) is 51.8 Å². The molecule has 0 saturated carbocycles. The van der Waals surface area contributed by atoms with Crippen LogP contribution in [0.3, 0.4) is 0 Å². The first-order valence-electron chi connectivity index (χ1n) is 18.5. The summed E-state index contributed by atoms with van der Waals surface area (Å²) in [4.78, 5) is 15.7. The van der Waals surface area contributed by atoms with E-state index in [1.807, 2.05) is 24.3 Å². The van der Waals surface area contributed by atoms with Gasteiger partial charge in [0.05, 0.1) is 5.56 Å². The highest BCUT2D eigenvalue weighted by Crippen LogP contribution is 2.39. The highest BCUT2D eigenvalue weighted by Gasteiger charge is 2.20. The molecular formula is C51H31N3O. The van der Waals surface area contributed by atoms with Gasteiger partial charge in [-0.05, 0) is 91.0 Å². The molecular weight excluding hydrogens is 671 g/mol. The monoisotopic (exact) mass is 701 g/mol. The lowest BCUT2D eigenvalue weighted by molar-refractivity contribution is 0.669. The molecule has 55 heavy (non-hydrogen) atoms. The highest BCUT2D eigenvalue weighted by molar-refractivity contribution is 6.09. The van der Waals surface area contributed by atoms with Gasteiger partial charge in [-0.15, -0.1) is 0 Å². The molecule has 2 aromatic heterocycles. The van der Waals surface area contributed by atoms with Crippen molar-refractivity contribution in [2.24, 2.45) is 0 Å². The van der Waals surface area contributed by atoms with Gasteiger partial charge in [0.15, 0.2) is 17.5 Å². The molecule has 0 saturated heterocycles. The molecule has 0 bridgehead atoms. The fourth-order valence-corrected chi connectivity index (χ4v) is 7.98. The molecule has 0 unspecified atom stereocenters. The Balaban J connectivity index is 1.12. The fourth-order valence-electron chi connectivity index (χ4n) is 7.98. The first-order valence-corrected chi connectivity index (χ1v) is 18.5. The molecule has 0 fully saturated rings. The second kappa shape index (κ2) is 12.6. The summed E-state index contributed by atoms with van der Waals surface area (Å²) in [5.41, 5.74) is 8.81. The van der Waals surface area contributed by atoms with Crippen molar-refractivity contribution in [2.75, 3.05) is 0 Å². The molecule has 0 aliphatic carbocycles. The normalized spacial score (nSPS) is 11.6. The average Bonchev–Trinajstić information content (AvgIpc) is 3.65. The van der Waals surface area contributed by atoms with Crippen LogP contribution in [0.25, 0.3) is 111 Å². The van der Waals surface area contributed by atoms with Gasteiger partial charge in [0.1, 0.15) is 11.2 Å². The number of aromatic nitrogens is 3. The standard InChI is InChI=1S/C51H31N3O/c1-3-13-34-29-37(25-23-32(34)11-1)36-15-9-16-39(31-36)49-52-50(54-51(53-49)46-21-10-20-44-43-19-7-8-22-47(43)55-48(44)46)45-28-27-40(41-17-5-6-18-42(41)45)38-26-24-33-12-2-4-14-35(33)30-38/h1-31H. The molecule has 256 valence electrons. The maximum absolute atomic E-state index is 6.51. The molecule has 4 nitrogen and oxygen atoms in total. The first-order chi connectivity index (χ1) is 27.2. The molecule has 11 aromatic rings. The van der Waals surface area contributed by atoms with Gasteiger partial charge in [-0.1, -0.05) is 152 Å². The minimum absolute atomic E-state index is 0.559. The van der Waals surface area contributed by atoms with Crippen molar-refractivity contribution in [3.8, 4) is 56.4 Å². The lowest BCUT2D eigenvalue weighted by Crippen LogP contribution is -2.01. The Labute approximate surface area is 317 Å². The van der Waals surface area contributed by atoms with Gasteiger partial charge in [0, 0.05) is 21.9 Å². The van der Waals surface area contributed by atoms with Crippen LogP contribution >= 0.6 is 0 Å². The molecule has 0 aliphatic heterocycles. The second-order valence-corrected chi connectivity index (χ2v) is 14.0. The van der Waals surface area contributed by atoms with Crippen molar-refractivity contribution < 1.29 is 4.42 Å². The molecule has 2 heterocycles. The maximum atomic E-state index is 6.51. The van der Waals surface area contributed by atoms with Crippen molar-refractivity contribution in [3.05, 3.63) is 188 Å². The molecule has 0 atom stereocenters. The average molecular weight is 702 g/mol. The number of para-hydroxylation sites is 2. The van der Waals surface area contributed by atoms with E-state index in [1.54, 1.807) is 0 Å². The molecule has 0 aliphatic rings. The molecule has 4 heteroatoms. The van der Waals surface area contributed by atoms with E-state index in [0.717, 1.165) is 66.1 Å². The summed E-state index contributed by atoms with van der Waals surface area (Å²) < 4.78 is 6.51. The van der Waals surface area contributed by atoms with Crippen LogP contribution in [-0.2, 0) is 0 Å². The Bertz CT molecular complexity index is 3290. The van der Waals surface area contributed by atoms with Crippen molar-refractivity contribution >= 4 is 54.3 Å². The van der Waals surface area contributed by atoms with E-state index in [4.69, 9.17) is 19.4 Å². The van der Waals surface area contributed by atoms with Crippen LogP contribution in [0.5, 0.6) is 0 Å². The van der Waals surface area contributed by atoms with Gasteiger partial charge < -0.3 is 4.42 Å². The van der Waals surface area contributed by atoms with Crippen LogP contribution in [0.15, 0.2) is 192 Å². The number of nitrogens with zero attached hydrogens (tertiary/aromatic N) is 3. The van der Waals surface area contributed by atoms with Crippen LogP contribution < -0.4 is 0 Å². The number of rotatable bonds is 5. The molecule has 0 N–H and O–H groups in total. The zero-order valence-corrected chi connectivity index (χ0v) is 29.6. The third-order valence-electron chi connectivity index (χ3n) is 10.7. The third kappa shape index (κ3) is 5.34. The summed E-state index contributed by atoms with van der Waals surface area (Å²) in [6.45, 7) is 0. The predicted octanol–water partition coefficient (Wildman–Crippen LogP) is 13.6. The Hall–Kier alpha value is -7.43. The minimum atomic E-state index is 0.559. The lowest BCUT2D eigenvalue weighted by atomic mass is 9.93. The zero-order valence-electron chi connectivity index (χ0n) is 29.6. The zero-order chi connectivity index (χ0) is 36.3. The quantitative estimate of drug-likeness (QED) is 0.179. The minimum Gasteiger partial charge on any atom is -0.455 e. The number of hydrogen-bond acceptors (Lipinski definition) is 4. The summed E-state index contributed by atoms with van der Waals surface area (Å²) >= 11 is 0. The van der Waals surface area contributed by atoms with E-state index in [2.05, 4.69) is 164 Å². The van der Waals surface area contributed by atoms with E-state index in [0.29, 0.717) is 17.5 Å². The Kier molecular flexibility index (Phi) is 7.14. The van der Waals surface area contributed by atoms with Crippen molar-refractivity contribution in [1.82, 2.24) is 15.0 Å². The van der Waals surface area contributed by atoms with E-state index in [-0.39, 0.29) is 0 Å². The predicted molar refractivity (Wildman–Crippen MR) is 227 cm³/mol. The van der Waals surface area contributed by atoms with Gasteiger partial charge in [-0.25, -0.2) is 15.0 Å². The van der Waals surface area contributed by atoms with Gasteiger partial charge in [0.25, 0.3) is 0 Å². The fraction of sp³-hybridized carbons (Fsp3) is 0. The molecule has 0 amide bonds. The summed E-state index contributed by atoms with van der Waals surface area (Å²) in [6, 6.07) is 65.9.